The number of aromatic nitrogens is 3. The van der Waals surface area contributed by atoms with Crippen molar-refractivity contribution in [2.45, 2.75) is 37.8 Å². The molecule has 26 heavy (non-hydrogen) atoms. The number of nitrogens with one attached hydrogen (secondary N) is 3. The Morgan fingerprint density at radius 2 is 2.04 bits per heavy atom. The van der Waals surface area contributed by atoms with E-state index in [1.54, 1.807) is 12.4 Å². The molecule has 3 N–H and O–H groups in total. The molecule has 0 radical (unpaired) electrons. The van der Waals surface area contributed by atoms with E-state index in [0.29, 0.717) is 28.9 Å². The van der Waals surface area contributed by atoms with E-state index in [1.807, 2.05) is 13.1 Å². The summed E-state index contributed by atoms with van der Waals surface area (Å²) in [5.41, 5.74) is 0.839. The fourth-order valence-corrected chi connectivity index (χ4v) is 3.70. The van der Waals surface area contributed by atoms with Crippen LogP contribution in [-0.2, 0) is 0 Å². The Morgan fingerprint density at radius 1 is 1.19 bits per heavy atom. The van der Waals surface area contributed by atoms with Crippen LogP contribution in [0.2, 0.25) is 0 Å². The average molecular weight is 357 g/mol. The number of rotatable bonds is 4. The second kappa shape index (κ2) is 6.99. The molecule has 4 rings (SSSR count). The quantitative estimate of drug-likeness (QED) is 0.664. The standard InChI is InChI=1S/C19H21F2N5/c1-22-12-3-2-4-13(9-12)25-17-5-6-23-19(26-17)15-10-24-18-14(15)7-11(20)8-16(18)21/h5-8,10,12-13,22,24H,2-4,9H2,1H3,(H,23,25,26)/t12-,13+/m1/s1. The maximum Gasteiger partial charge on any atom is 0.163 e. The van der Waals surface area contributed by atoms with E-state index in [0.717, 1.165) is 24.7 Å². The molecule has 2 heterocycles. The zero-order valence-electron chi connectivity index (χ0n) is 14.5. The van der Waals surface area contributed by atoms with E-state index in [2.05, 4.69) is 25.6 Å². The summed E-state index contributed by atoms with van der Waals surface area (Å²) >= 11 is 0. The minimum absolute atomic E-state index is 0.257. The molecule has 1 saturated carbocycles. The molecule has 1 fully saturated rings. The first-order valence-electron chi connectivity index (χ1n) is 8.87. The lowest BCUT2D eigenvalue weighted by molar-refractivity contribution is 0.369. The van der Waals surface area contributed by atoms with E-state index >= 15 is 0 Å². The molecular formula is C19H21F2N5. The molecule has 0 unspecified atom stereocenters. The number of fused-ring (bicyclic) bond motifs is 1. The van der Waals surface area contributed by atoms with Gasteiger partial charge in [-0.15, -0.1) is 0 Å². The molecule has 0 saturated heterocycles. The molecule has 0 bridgehead atoms. The van der Waals surface area contributed by atoms with E-state index in [-0.39, 0.29) is 5.52 Å². The molecule has 136 valence electrons. The van der Waals surface area contributed by atoms with Gasteiger partial charge < -0.3 is 15.6 Å². The lowest BCUT2D eigenvalue weighted by Crippen LogP contribution is -2.37. The minimum Gasteiger partial charge on any atom is -0.367 e. The van der Waals surface area contributed by atoms with Gasteiger partial charge in [0.15, 0.2) is 5.82 Å². The van der Waals surface area contributed by atoms with Crippen LogP contribution in [0, 0.1) is 11.6 Å². The number of nitrogens with zero attached hydrogens (tertiary/aromatic N) is 2. The molecule has 1 aromatic carbocycles. The number of H-pyrrole nitrogens is 1. The Bertz CT molecular complexity index is 923. The number of anilines is 1. The highest BCUT2D eigenvalue weighted by Gasteiger charge is 2.21. The first-order valence-corrected chi connectivity index (χ1v) is 8.87. The Labute approximate surface area is 150 Å². The van der Waals surface area contributed by atoms with Crippen molar-refractivity contribution in [3.8, 4) is 11.4 Å². The van der Waals surface area contributed by atoms with E-state index in [1.165, 1.54) is 18.9 Å². The third-order valence-corrected chi connectivity index (χ3v) is 5.04. The Morgan fingerprint density at radius 3 is 2.88 bits per heavy atom. The number of halogens is 2. The SMILES string of the molecule is CN[C@@H]1CCC[C@H](Nc2ccnc(-c3c[nH]c4c(F)cc(F)cc34)n2)C1. The summed E-state index contributed by atoms with van der Waals surface area (Å²) in [7, 11) is 1.99. The van der Waals surface area contributed by atoms with Crippen LogP contribution < -0.4 is 10.6 Å². The summed E-state index contributed by atoms with van der Waals surface area (Å²) < 4.78 is 27.5. The van der Waals surface area contributed by atoms with Crippen molar-refractivity contribution < 1.29 is 8.78 Å². The number of hydrogen-bond donors (Lipinski definition) is 3. The van der Waals surface area contributed by atoms with Crippen LogP contribution in [0.5, 0.6) is 0 Å². The van der Waals surface area contributed by atoms with Gasteiger partial charge in [-0.25, -0.2) is 18.7 Å². The van der Waals surface area contributed by atoms with Crippen molar-refractivity contribution in [1.29, 1.82) is 0 Å². The lowest BCUT2D eigenvalue weighted by atomic mass is 9.91. The largest absolute Gasteiger partial charge is 0.367 e. The number of hydrogen-bond acceptors (Lipinski definition) is 4. The Hall–Kier alpha value is -2.54. The summed E-state index contributed by atoms with van der Waals surface area (Å²) in [6.07, 6.45) is 7.78. The highest BCUT2D eigenvalue weighted by molar-refractivity contribution is 5.94. The van der Waals surface area contributed by atoms with Gasteiger partial charge in [0, 0.05) is 41.5 Å². The Balaban J connectivity index is 1.62. The molecule has 1 aliphatic carbocycles. The fraction of sp³-hybridized carbons (Fsp3) is 0.368. The molecule has 2 aromatic heterocycles. The van der Waals surface area contributed by atoms with Gasteiger partial charge >= 0.3 is 0 Å². The van der Waals surface area contributed by atoms with Gasteiger partial charge in [0.25, 0.3) is 0 Å². The summed E-state index contributed by atoms with van der Waals surface area (Å²) in [4.78, 5) is 11.7. The van der Waals surface area contributed by atoms with Crippen LogP contribution in [0.25, 0.3) is 22.3 Å². The number of benzene rings is 1. The Kier molecular flexibility index (Phi) is 4.55. The molecule has 7 heteroatoms. The predicted molar refractivity (Wildman–Crippen MR) is 98.0 cm³/mol. The highest BCUT2D eigenvalue weighted by Crippen LogP contribution is 2.29. The van der Waals surface area contributed by atoms with Crippen LogP contribution in [0.15, 0.2) is 30.6 Å². The van der Waals surface area contributed by atoms with Gasteiger partial charge in [0.2, 0.25) is 0 Å². The molecule has 5 nitrogen and oxygen atoms in total. The van der Waals surface area contributed by atoms with Gasteiger partial charge in [-0.1, -0.05) is 0 Å². The van der Waals surface area contributed by atoms with Gasteiger partial charge in [-0.05, 0) is 44.9 Å². The average Bonchev–Trinajstić information content (AvgIpc) is 3.06. The minimum atomic E-state index is -0.624. The molecule has 0 amide bonds. The molecular weight excluding hydrogens is 336 g/mol. The van der Waals surface area contributed by atoms with Crippen LogP contribution in [-0.4, -0.2) is 34.1 Å². The van der Waals surface area contributed by atoms with Gasteiger partial charge in [0.1, 0.15) is 17.5 Å². The zero-order valence-corrected chi connectivity index (χ0v) is 14.5. The van der Waals surface area contributed by atoms with Gasteiger partial charge in [-0.2, -0.15) is 0 Å². The van der Waals surface area contributed by atoms with Crippen LogP contribution >= 0.6 is 0 Å². The molecule has 0 aliphatic heterocycles. The normalized spacial score (nSPS) is 20.4. The van der Waals surface area contributed by atoms with E-state index < -0.39 is 11.6 Å². The topological polar surface area (TPSA) is 65.6 Å². The smallest absolute Gasteiger partial charge is 0.163 e. The molecule has 0 spiro atoms. The second-order valence-electron chi connectivity index (χ2n) is 6.77. The maximum atomic E-state index is 13.9. The van der Waals surface area contributed by atoms with Crippen molar-refractivity contribution in [2.75, 3.05) is 12.4 Å². The van der Waals surface area contributed by atoms with E-state index in [9.17, 15) is 8.78 Å². The summed E-state index contributed by atoms with van der Waals surface area (Å²) in [6.45, 7) is 0. The van der Waals surface area contributed by atoms with Crippen LogP contribution in [0.4, 0.5) is 14.6 Å². The van der Waals surface area contributed by atoms with Crippen molar-refractivity contribution in [3.05, 3.63) is 42.2 Å². The highest BCUT2D eigenvalue weighted by atomic mass is 19.1. The van der Waals surface area contributed by atoms with Crippen molar-refractivity contribution in [1.82, 2.24) is 20.3 Å². The van der Waals surface area contributed by atoms with Crippen LogP contribution in [0.1, 0.15) is 25.7 Å². The third kappa shape index (κ3) is 3.26. The fourth-order valence-electron chi connectivity index (χ4n) is 3.70. The maximum absolute atomic E-state index is 13.9. The zero-order chi connectivity index (χ0) is 18.1. The monoisotopic (exact) mass is 357 g/mol. The van der Waals surface area contributed by atoms with Crippen molar-refractivity contribution in [2.24, 2.45) is 0 Å². The van der Waals surface area contributed by atoms with Gasteiger partial charge in [0.05, 0.1) is 5.52 Å². The first-order chi connectivity index (χ1) is 12.6. The molecule has 1 aliphatic rings. The van der Waals surface area contributed by atoms with E-state index in [4.69, 9.17) is 0 Å². The van der Waals surface area contributed by atoms with Crippen molar-refractivity contribution >= 4 is 16.7 Å². The molecule has 2 atom stereocenters. The van der Waals surface area contributed by atoms with Crippen LogP contribution in [0.3, 0.4) is 0 Å². The lowest BCUT2D eigenvalue weighted by Gasteiger charge is -2.29. The summed E-state index contributed by atoms with van der Waals surface area (Å²) in [5.74, 6) is -0.0820. The first kappa shape index (κ1) is 16.9. The number of aromatic amines is 1. The summed E-state index contributed by atoms with van der Waals surface area (Å²) in [6, 6.07) is 4.85. The summed E-state index contributed by atoms with van der Waals surface area (Å²) in [5, 5.41) is 7.24. The van der Waals surface area contributed by atoms with Crippen molar-refractivity contribution in [3.63, 3.8) is 0 Å². The van der Waals surface area contributed by atoms with Gasteiger partial charge in [-0.3, -0.25) is 0 Å². The predicted octanol–water partition coefficient (Wildman–Crippen LogP) is 3.85. The molecule has 3 aromatic rings. The third-order valence-electron chi connectivity index (χ3n) is 5.04. The second-order valence-corrected chi connectivity index (χ2v) is 6.77.